The smallest absolute Gasteiger partial charge is 0.315 e. The molecule has 0 atom stereocenters. The number of fused-ring (bicyclic) bond motifs is 1. The van der Waals surface area contributed by atoms with Crippen LogP contribution in [0.2, 0.25) is 0 Å². The van der Waals surface area contributed by atoms with Crippen LogP contribution in [0.25, 0.3) is 5.76 Å². The SMILES string of the molecule is CCCCN1C(C(C)=O)=C(OC(=O)Cc2ccccc2)c2ccccc2S1(=O)=O. The van der Waals surface area contributed by atoms with E-state index < -0.39 is 21.8 Å². The summed E-state index contributed by atoms with van der Waals surface area (Å²) in [6.07, 6.45) is 1.34. The topological polar surface area (TPSA) is 80.8 Å². The number of ether oxygens (including phenoxy) is 1. The van der Waals surface area contributed by atoms with Gasteiger partial charge in [-0.15, -0.1) is 0 Å². The molecule has 152 valence electrons. The second kappa shape index (κ2) is 8.61. The molecule has 0 radical (unpaired) electrons. The molecule has 29 heavy (non-hydrogen) atoms. The van der Waals surface area contributed by atoms with Crippen LogP contribution in [-0.2, 0) is 30.8 Å². The molecular weight excluding hydrogens is 390 g/mol. The zero-order valence-electron chi connectivity index (χ0n) is 16.4. The molecule has 3 rings (SSSR count). The Hall–Kier alpha value is -2.93. The van der Waals surface area contributed by atoms with E-state index in [0.29, 0.717) is 6.42 Å². The molecule has 2 aromatic rings. The summed E-state index contributed by atoms with van der Waals surface area (Å²) in [7, 11) is -3.91. The molecular formula is C22H23NO5S. The van der Waals surface area contributed by atoms with Crippen molar-refractivity contribution in [2.24, 2.45) is 0 Å². The second-order valence-electron chi connectivity index (χ2n) is 6.80. The Morgan fingerprint density at radius 2 is 1.66 bits per heavy atom. The van der Waals surface area contributed by atoms with E-state index in [0.717, 1.165) is 16.3 Å². The van der Waals surface area contributed by atoms with E-state index in [-0.39, 0.29) is 34.9 Å². The lowest BCUT2D eigenvalue weighted by Crippen LogP contribution is -2.38. The molecule has 2 aromatic carbocycles. The molecule has 0 spiro atoms. The van der Waals surface area contributed by atoms with Gasteiger partial charge in [-0.05, 0) is 24.1 Å². The Kier molecular flexibility index (Phi) is 6.17. The number of rotatable bonds is 7. The number of nitrogens with zero attached hydrogens (tertiary/aromatic N) is 1. The van der Waals surface area contributed by atoms with Crippen LogP contribution in [0.15, 0.2) is 65.2 Å². The standard InChI is InChI=1S/C22H23NO5S/c1-3-4-14-23-21(16(2)24)22(18-12-8-9-13-19(18)29(23,26)27)28-20(25)15-17-10-6-5-7-11-17/h5-13H,3-4,14-15H2,1-2H3. The van der Waals surface area contributed by atoms with Gasteiger partial charge in [0.05, 0.1) is 11.3 Å². The van der Waals surface area contributed by atoms with Crippen LogP contribution in [0.5, 0.6) is 0 Å². The third kappa shape index (κ3) is 4.24. The molecule has 1 aliphatic heterocycles. The molecule has 6 nitrogen and oxygen atoms in total. The van der Waals surface area contributed by atoms with Gasteiger partial charge in [0.25, 0.3) is 10.0 Å². The molecule has 0 amide bonds. The Morgan fingerprint density at radius 1 is 1.00 bits per heavy atom. The van der Waals surface area contributed by atoms with Crippen molar-refractivity contribution >= 4 is 27.5 Å². The highest BCUT2D eigenvalue weighted by Gasteiger charge is 2.39. The highest BCUT2D eigenvalue weighted by molar-refractivity contribution is 7.89. The lowest BCUT2D eigenvalue weighted by molar-refractivity contribution is -0.136. The first-order chi connectivity index (χ1) is 13.9. The minimum atomic E-state index is -3.91. The highest BCUT2D eigenvalue weighted by Crippen LogP contribution is 2.38. The van der Waals surface area contributed by atoms with Gasteiger partial charge in [-0.1, -0.05) is 55.8 Å². The minimum Gasteiger partial charge on any atom is -0.423 e. The van der Waals surface area contributed by atoms with E-state index in [4.69, 9.17) is 4.74 Å². The number of carbonyl (C=O) groups excluding carboxylic acids is 2. The van der Waals surface area contributed by atoms with E-state index in [1.165, 1.54) is 13.0 Å². The second-order valence-corrected chi connectivity index (χ2v) is 8.63. The average molecular weight is 413 g/mol. The number of carbonyl (C=O) groups is 2. The zero-order chi connectivity index (χ0) is 21.0. The molecule has 0 N–H and O–H groups in total. The third-order valence-corrected chi connectivity index (χ3v) is 6.48. The van der Waals surface area contributed by atoms with Crippen molar-refractivity contribution in [1.29, 1.82) is 0 Å². The van der Waals surface area contributed by atoms with Gasteiger partial charge < -0.3 is 4.74 Å². The van der Waals surface area contributed by atoms with Gasteiger partial charge in [-0.3, -0.25) is 13.9 Å². The summed E-state index contributed by atoms with van der Waals surface area (Å²) in [4.78, 5) is 25.1. The number of hydrogen-bond donors (Lipinski definition) is 0. The van der Waals surface area contributed by atoms with Crippen molar-refractivity contribution < 1.29 is 22.7 Å². The molecule has 0 unspecified atom stereocenters. The first kappa shape index (κ1) is 20.8. The molecule has 0 aliphatic carbocycles. The molecule has 0 saturated heterocycles. The van der Waals surface area contributed by atoms with Gasteiger partial charge in [-0.2, -0.15) is 0 Å². The maximum atomic E-state index is 13.1. The van der Waals surface area contributed by atoms with Crippen LogP contribution < -0.4 is 0 Å². The fraction of sp³-hybridized carbons (Fsp3) is 0.273. The summed E-state index contributed by atoms with van der Waals surface area (Å²) in [6.45, 7) is 3.35. The van der Waals surface area contributed by atoms with Gasteiger partial charge in [0.2, 0.25) is 0 Å². The summed E-state index contributed by atoms with van der Waals surface area (Å²) in [5, 5.41) is 0. The van der Waals surface area contributed by atoms with Crippen molar-refractivity contribution in [3.63, 3.8) is 0 Å². The summed E-state index contributed by atoms with van der Waals surface area (Å²) >= 11 is 0. The molecule has 7 heteroatoms. The lowest BCUT2D eigenvalue weighted by atomic mass is 10.1. The average Bonchev–Trinajstić information content (AvgIpc) is 2.69. The van der Waals surface area contributed by atoms with Crippen molar-refractivity contribution in [3.05, 3.63) is 71.4 Å². The summed E-state index contributed by atoms with van der Waals surface area (Å²) in [5.41, 5.74) is 0.896. The van der Waals surface area contributed by atoms with Gasteiger partial charge in [0.15, 0.2) is 11.5 Å². The van der Waals surface area contributed by atoms with Crippen LogP contribution >= 0.6 is 0 Å². The molecule has 0 aromatic heterocycles. The van der Waals surface area contributed by atoms with Crippen LogP contribution in [0.3, 0.4) is 0 Å². The quantitative estimate of drug-likeness (QED) is 0.649. The third-order valence-electron chi connectivity index (χ3n) is 4.62. The summed E-state index contributed by atoms with van der Waals surface area (Å²) in [5.74, 6) is -1.03. The lowest BCUT2D eigenvalue weighted by Gasteiger charge is -2.32. The predicted octanol–water partition coefficient (Wildman–Crippen LogP) is 3.53. The van der Waals surface area contributed by atoms with Crippen LogP contribution in [-0.4, -0.2) is 31.0 Å². The Balaban J connectivity index is 2.08. The van der Waals surface area contributed by atoms with Gasteiger partial charge in [-0.25, -0.2) is 8.42 Å². The number of ketones is 1. The molecule has 0 fully saturated rings. The van der Waals surface area contributed by atoms with E-state index in [9.17, 15) is 18.0 Å². The summed E-state index contributed by atoms with van der Waals surface area (Å²) < 4.78 is 33.0. The first-order valence-electron chi connectivity index (χ1n) is 9.48. The van der Waals surface area contributed by atoms with Gasteiger partial charge in [0.1, 0.15) is 5.70 Å². The van der Waals surface area contributed by atoms with E-state index in [1.54, 1.807) is 30.3 Å². The van der Waals surface area contributed by atoms with Crippen LogP contribution in [0, 0.1) is 0 Å². The number of unbranched alkanes of at least 4 members (excludes halogenated alkanes) is 1. The van der Waals surface area contributed by atoms with Crippen LogP contribution in [0.4, 0.5) is 0 Å². The Bertz CT molecular complexity index is 1060. The Morgan fingerprint density at radius 3 is 2.31 bits per heavy atom. The number of esters is 1. The number of Topliss-reactive ketones (excluding diaryl/α,β-unsaturated/α-hetero) is 1. The maximum Gasteiger partial charge on any atom is 0.315 e. The molecule has 1 aliphatic rings. The molecule has 0 bridgehead atoms. The van der Waals surface area contributed by atoms with Crippen molar-refractivity contribution in [2.75, 3.05) is 6.54 Å². The van der Waals surface area contributed by atoms with E-state index in [1.807, 2.05) is 25.1 Å². The monoisotopic (exact) mass is 413 g/mol. The van der Waals surface area contributed by atoms with Crippen molar-refractivity contribution in [1.82, 2.24) is 4.31 Å². The highest BCUT2D eigenvalue weighted by atomic mass is 32.2. The van der Waals surface area contributed by atoms with Crippen molar-refractivity contribution in [3.8, 4) is 0 Å². The van der Waals surface area contributed by atoms with Gasteiger partial charge in [0, 0.05) is 19.0 Å². The number of allylic oxidation sites excluding steroid dienone is 1. The predicted molar refractivity (Wildman–Crippen MR) is 109 cm³/mol. The first-order valence-corrected chi connectivity index (χ1v) is 10.9. The minimum absolute atomic E-state index is 0.0000378. The van der Waals surface area contributed by atoms with Crippen LogP contribution in [0.1, 0.15) is 37.8 Å². The molecule has 1 heterocycles. The number of hydrogen-bond acceptors (Lipinski definition) is 5. The fourth-order valence-corrected chi connectivity index (χ4v) is 4.99. The summed E-state index contributed by atoms with van der Waals surface area (Å²) in [6, 6.07) is 15.4. The van der Waals surface area contributed by atoms with Crippen molar-refractivity contribution in [2.45, 2.75) is 38.0 Å². The maximum absolute atomic E-state index is 13.1. The van der Waals surface area contributed by atoms with E-state index >= 15 is 0 Å². The zero-order valence-corrected chi connectivity index (χ0v) is 17.2. The Labute approximate surface area is 170 Å². The number of benzene rings is 2. The largest absolute Gasteiger partial charge is 0.423 e. The normalized spacial score (nSPS) is 15.0. The number of sulfonamides is 1. The molecule has 0 saturated carbocycles. The van der Waals surface area contributed by atoms with E-state index in [2.05, 4.69) is 0 Å². The van der Waals surface area contributed by atoms with Gasteiger partial charge >= 0.3 is 5.97 Å². The fourth-order valence-electron chi connectivity index (χ4n) is 3.24.